The van der Waals surface area contributed by atoms with E-state index in [1.165, 1.54) is 24.9 Å². The molecule has 3 aromatic rings. The Kier molecular flexibility index (Phi) is 6.55. The van der Waals surface area contributed by atoms with Gasteiger partial charge in [-0.1, -0.05) is 48.5 Å². The van der Waals surface area contributed by atoms with E-state index < -0.39 is 23.1 Å². The Balaban J connectivity index is 1.96. The first-order chi connectivity index (χ1) is 13.6. The molecule has 28 heavy (non-hydrogen) atoms. The maximum atomic E-state index is 12.3. The van der Waals surface area contributed by atoms with E-state index in [4.69, 9.17) is 9.15 Å². The van der Waals surface area contributed by atoms with Gasteiger partial charge in [0, 0.05) is 11.0 Å². The number of methoxy groups -OCH3 is 1. The summed E-state index contributed by atoms with van der Waals surface area (Å²) in [7, 11) is 1.30. The summed E-state index contributed by atoms with van der Waals surface area (Å²) in [4.78, 5) is 25.3. The molecule has 0 bridgehead atoms. The van der Waals surface area contributed by atoms with Crippen molar-refractivity contribution >= 4 is 17.7 Å². The number of hydrogen-bond donors (Lipinski definition) is 1. The van der Waals surface area contributed by atoms with Crippen LogP contribution in [-0.4, -0.2) is 18.2 Å². The quantitative estimate of drug-likeness (QED) is 0.473. The molecule has 144 valence electrons. The fourth-order valence-corrected chi connectivity index (χ4v) is 3.63. The van der Waals surface area contributed by atoms with E-state index in [-0.39, 0.29) is 12.2 Å². The van der Waals surface area contributed by atoms with Gasteiger partial charge in [-0.2, -0.15) is 0 Å². The van der Waals surface area contributed by atoms with Crippen LogP contribution in [0.25, 0.3) is 0 Å². The largest absolute Gasteiger partial charge is 0.502 e. The second-order valence-electron chi connectivity index (χ2n) is 6.14. The molecule has 0 aliphatic carbocycles. The molecule has 5 nitrogen and oxygen atoms in total. The van der Waals surface area contributed by atoms with Crippen LogP contribution in [0.1, 0.15) is 29.4 Å². The molecule has 0 spiro atoms. The number of aromatic hydroxyl groups is 1. The molecule has 6 heteroatoms. The Labute approximate surface area is 167 Å². The number of ether oxygens (including phenoxy) is 1. The van der Waals surface area contributed by atoms with E-state index in [0.29, 0.717) is 11.5 Å². The lowest BCUT2D eigenvalue weighted by Gasteiger charge is -2.17. The Morgan fingerprint density at radius 3 is 2.39 bits per heavy atom. The first-order valence-electron chi connectivity index (χ1n) is 8.74. The molecule has 1 atom stereocenters. The average molecular weight is 396 g/mol. The minimum atomic E-state index is -0.622. The lowest BCUT2D eigenvalue weighted by Crippen LogP contribution is -2.14. The van der Waals surface area contributed by atoms with Crippen molar-refractivity contribution in [1.29, 1.82) is 0 Å². The van der Waals surface area contributed by atoms with Gasteiger partial charge in [0.25, 0.3) is 0 Å². The molecule has 0 radical (unpaired) electrons. The van der Waals surface area contributed by atoms with Crippen molar-refractivity contribution in [2.24, 2.45) is 0 Å². The maximum absolute atomic E-state index is 12.3. The second kappa shape index (κ2) is 9.28. The molecular formula is C22H20O5S. The monoisotopic (exact) mass is 396 g/mol. The number of esters is 1. The number of carbonyl (C=O) groups is 1. The maximum Gasteiger partial charge on any atom is 0.306 e. The summed E-state index contributed by atoms with van der Waals surface area (Å²) < 4.78 is 10.7. The predicted octanol–water partition coefficient (Wildman–Crippen LogP) is 4.33. The van der Waals surface area contributed by atoms with E-state index in [2.05, 4.69) is 0 Å². The lowest BCUT2D eigenvalue weighted by molar-refractivity contribution is -0.140. The van der Waals surface area contributed by atoms with Gasteiger partial charge >= 0.3 is 5.97 Å². The van der Waals surface area contributed by atoms with Gasteiger partial charge in [-0.25, -0.2) is 0 Å². The summed E-state index contributed by atoms with van der Waals surface area (Å²) in [5.74, 6) is -0.633. The third kappa shape index (κ3) is 4.84. The van der Waals surface area contributed by atoms with Gasteiger partial charge in [0.2, 0.25) is 11.2 Å². The van der Waals surface area contributed by atoms with Crippen molar-refractivity contribution in [2.75, 3.05) is 7.11 Å². The highest BCUT2D eigenvalue weighted by atomic mass is 32.2. The van der Waals surface area contributed by atoms with E-state index >= 15 is 0 Å². The van der Waals surface area contributed by atoms with Crippen molar-refractivity contribution in [1.82, 2.24) is 0 Å². The third-order valence-electron chi connectivity index (χ3n) is 4.24. The number of benzene rings is 2. The van der Waals surface area contributed by atoms with Crippen LogP contribution < -0.4 is 5.43 Å². The summed E-state index contributed by atoms with van der Waals surface area (Å²) in [6.07, 6.45) is -0.0493. The Morgan fingerprint density at radius 2 is 1.75 bits per heavy atom. The molecule has 1 N–H and O–H groups in total. The minimum absolute atomic E-state index is 0.0493. The number of carbonyl (C=O) groups excluding carboxylic acids is 1. The number of thioether (sulfide) groups is 1. The molecule has 0 saturated carbocycles. The van der Waals surface area contributed by atoms with Crippen LogP contribution >= 0.6 is 11.8 Å². The van der Waals surface area contributed by atoms with Gasteiger partial charge in [0.05, 0.1) is 25.2 Å². The Bertz CT molecular complexity index is 983. The zero-order valence-electron chi connectivity index (χ0n) is 15.3. The van der Waals surface area contributed by atoms with Crippen LogP contribution in [0.3, 0.4) is 0 Å². The molecule has 0 aliphatic heterocycles. The second-order valence-corrected chi connectivity index (χ2v) is 7.18. The van der Waals surface area contributed by atoms with Gasteiger partial charge in [0.1, 0.15) is 5.76 Å². The smallest absolute Gasteiger partial charge is 0.306 e. The molecule has 0 saturated heterocycles. The molecule has 0 fully saturated rings. The van der Waals surface area contributed by atoms with Crippen LogP contribution in [0.15, 0.2) is 80.8 Å². The summed E-state index contributed by atoms with van der Waals surface area (Å²) in [6.45, 7) is 0. The molecule has 1 aromatic heterocycles. The van der Waals surface area contributed by atoms with Crippen LogP contribution in [-0.2, 0) is 15.3 Å². The topological polar surface area (TPSA) is 76.7 Å². The van der Waals surface area contributed by atoms with Gasteiger partial charge in [-0.15, -0.1) is 11.8 Å². The summed E-state index contributed by atoms with van der Waals surface area (Å²) in [5.41, 5.74) is 0.218. The lowest BCUT2D eigenvalue weighted by atomic mass is 9.92. The molecule has 0 unspecified atom stereocenters. The minimum Gasteiger partial charge on any atom is -0.502 e. The number of hydrogen-bond acceptors (Lipinski definition) is 6. The fourth-order valence-electron chi connectivity index (χ4n) is 2.83. The molecule has 2 aromatic carbocycles. The van der Waals surface area contributed by atoms with Crippen LogP contribution in [0.2, 0.25) is 0 Å². The zero-order valence-corrected chi connectivity index (χ0v) is 16.1. The van der Waals surface area contributed by atoms with Gasteiger partial charge in [0.15, 0.2) is 5.76 Å². The third-order valence-corrected chi connectivity index (χ3v) is 5.28. The molecule has 3 rings (SSSR count). The predicted molar refractivity (Wildman–Crippen MR) is 108 cm³/mol. The van der Waals surface area contributed by atoms with Crippen LogP contribution in [0.5, 0.6) is 5.75 Å². The van der Waals surface area contributed by atoms with E-state index in [1.807, 2.05) is 60.7 Å². The summed E-state index contributed by atoms with van der Waals surface area (Å²) >= 11 is 1.52. The summed E-state index contributed by atoms with van der Waals surface area (Å²) in [6, 6.07) is 20.1. The molecule has 0 aliphatic rings. The molecular weight excluding hydrogens is 376 g/mol. The molecule has 0 amide bonds. The van der Waals surface area contributed by atoms with Crippen molar-refractivity contribution in [3.05, 3.63) is 94.0 Å². The first-order valence-corrected chi connectivity index (χ1v) is 9.72. The first kappa shape index (κ1) is 19.8. The fraction of sp³-hybridized carbons (Fsp3) is 0.182. The van der Waals surface area contributed by atoms with E-state index in [9.17, 15) is 14.7 Å². The van der Waals surface area contributed by atoms with E-state index in [1.54, 1.807) is 0 Å². The zero-order chi connectivity index (χ0) is 19.9. The van der Waals surface area contributed by atoms with Crippen molar-refractivity contribution < 1.29 is 19.1 Å². The van der Waals surface area contributed by atoms with Crippen LogP contribution in [0.4, 0.5) is 0 Å². The SMILES string of the molecule is COC(=O)C[C@H](c1ccccc1)c1oc(CSc2ccccc2)cc(=O)c1O. The normalized spacial score (nSPS) is 11.8. The van der Waals surface area contributed by atoms with Crippen molar-refractivity contribution in [3.63, 3.8) is 0 Å². The van der Waals surface area contributed by atoms with Crippen molar-refractivity contribution in [3.8, 4) is 5.75 Å². The standard InChI is InChI=1S/C22H20O5S/c1-26-20(24)13-18(15-8-4-2-5-9-15)22-21(25)19(23)12-16(27-22)14-28-17-10-6-3-7-11-17/h2-12,18,25H,13-14H2,1H3/t18-/m1/s1. The highest BCUT2D eigenvalue weighted by Crippen LogP contribution is 2.34. The summed E-state index contributed by atoms with van der Waals surface area (Å²) in [5, 5.41) is 10.4. The average Bonchev–Trinajstić information content (AvgIpc) is 2.74. The molecule has 1 heterocycles. The van der Waals surface area contributed by atoms with E-state index in [0.717, 1.165) is 10.5 Å². The Morgan fingerprint density at radius 1 is 1.11 bits per heavy atom. The van der Waals surface area contributed by atoms with Gasteiger partial charge in [-0.05, 0) is 17.7 Å². The van der Waals surface area contributed by atoms with Gasteiger partial charge < -0.3 is 14.3 Å². The van der Waals surface area contributed by atoms with Crippen molar-refractivity contribution in [2.45, 2.75) is 23.0 Å². The van der Waals surface area contributed by atoms with Crippen LogP contribution in [0, 0.1) is 0 Å². The highest BCUT2D eigenvalue weighted by Gasteiger charge is 2.26. The Hall–Kier alpha value is -2.99. The number of rotatable bonds is 7. The van der Waals surface area contributed by atoms with Gasteiger partial charge in [-0.3, -0.25) is 9.59 Å². The highest BCUT2D eigenvalue weighted by molar-refractivity contribution is 7.98.